The van der Waals surface area contributed by atoms with Crippen LogP contribution in [-0.4, -0.2) is 0 Å². The Balaban J connectivity index is 1.99. The lowest BCUT2D eigenvalue weighted by molar-refractivity contribution is 0.105. The fraction of sp³-hybridized carbons (Fsp3) is 0.143. The molecular formula is C14H13ClFNO. The highest BCUT2D eigenvalue weighted by atomic mass is 35.5. The molecule has 4 heteroatoms. The summed E-state index contributed by atoms with van der Waals surface area (Å²) < 4.78 is 18.8. The molecule has 0 saturated carbocycles. The Kier molecular flexibility index (Phi) is 4.18. The van der Waals surface area contributed by atoms with Gasteiger partial charge >= 0.3 is 0 Å². The summed E-state index contributed by atoms with van der Waals surface area (Å²) in [5.74, 6) is -0.273. The molecule has 0 atom stereocenters. The van der Waals surface area contributed by atoms with Crippen molar-refractivity contribution in [2.45, 2.75) is 13.2 Å². The van der Waals surface area contributed by atoms with E-state index in [1.54, 1.807) is 36.4 Å². The first-order chi connectivity index (χ1) is 8.68. The first-order valence-corrected chi connectivity index (χ1v) is 5.90. The maximum absolute atomic E-state index is 13.3. The van der Waals surface area contributed by atoms with Crippen LogP contribution in [0.5, 0.6) is 0 Å². The lowest BCUT2D eigenvalue weighted by Gasteiger charge is -2.09. The lowest BCUT2D eigenvalue weighted by atomic mass is 10.2. The Hall–Kier alpha value is -1.58. The van der Waals surface area contributed by atoms with Crippen molar-refractivity contribution >= 4 is 17.3 Å². The van der Waals surface area contributed by atoms with Crippen LogP contribution in [0.2, 0.25) is 5.02 Å². The van der Waals surface area contributed by atoms with Crippen LogP contribution in [0.1, 0.15) is 11.1 Å². The molecule has 18 heavy (non-hydrogen) atoms. The summed E-state index contributed by atoms with van der Waals surface area (Å²) in [5, 5.41) is 0.559. The highest BCUT2D eigenvalue weighted by Gasteiger charge is 2.06. The first-order valence-electron chi connectivity index (χ1n) is 5.52. The minimum absolute atomic E-state index is 0.192. The molecule has 2 nitrogen and oxygen atoms in total. The zero-order valence-electron chi connectivity index (χ0n) is 9.70. The SMILES string of the molecule is Nc1cccc(Cl)c1COCc1ccccc1F. The standard InChI is InChI=1S/C14H13ClFNO/c15-12-5-3-7-14(17)11(12)9-18-8-10-4-1-2-6-13(10)16/h1-7H,8-9,17H2. The third kappa shape index (κ3) is 3.00. The number of halogens is 2. The van der Waals surface area contributed by atoms with Crippen molar-refractivity contribution in [1.29, 1.82) is 0 Å². The van der Waals surface area contributed by atoms with Gasteiger partial charge in [-0.25, -0.2) is 4.39 Å². The molecule has 0 amide bonds. The summed E-state index contributed by atoms with van der Waals surface area (Å²) >= 11 is 6.01. The molecule has 0 aliphatic rings. The van der Waals surface area contributed by atoms with Crippen LogP contribution in [0.25, 0.3) is 0 Å². The zero-order valence-corrected chi connectivity index (χ0v) is 10.5. The minimum atomic E-state index is -0.273. The van der Waals surface area contributed by atoms with E-state index in [9.17, 15) is 4.39 Å². The van der Waals surface area contributed by atoms with Gasteiger partial charge in [-0.3, -0.25) is 0 Å². The number of ether oxygens (including phenoxy) is 1. The fourth-order valence-corrected chi connectivity index (χ4v) is 1.84. The third-order valence-electron chi connectivity index (χ3n) is 2.62. The largest absolute Gasteiger partial charge is 0.398 e. The summed E-state index contributed by atoms with van der Waals surface area (Å²) in [6, 6.07) is 11.8. The fourth-order valence-electron chi connectivity index (χ4n) is 1.61. The van der Waals surface area contributed by atoms with Gasteiger partial charge in [-0.1, -0.05) is 35.9 Å². The van der Waals surface area contributed by atoms with Crippen LogP contribution in [0.4, 0.5) is 10.1 Å². The van der Waals surface area contributed by atoms with Crippen LogP contribution in [0.3, 0.4) is 0 Å². The molecule has 0 saturated heterocycles. The Morgan fingerprint density at radius 2 is 1.83 bits per heavy atom. The molecule has 2 aromatic rings. The Bertz CT molecular complexity index is 525. The van der Waals surface area contributed by atoms with Crippen molar-refractivity contribution < 1.29 is 9.13 Å². The monoisotopic (exact) mass is 265 g/mol. The molecule has 2 rings (SSSR count). The van der Waals surface area contributed by atoms with E-state index >= 15 is 0 Å². The van der Waals surface area contributed by atoms with Crippen molar-refractivity contribution in [3.8, 4) is 0 Å². The predicted octanol–water partition coefficient (Wildman–Crippen LogP) is 3.78. The van der Waals surface area contributed by atoms with Gasteiger partial charge in [0.25, 0.3) is 0 Å². The van der Waals surface area contributed by atoms with Crippen molar-refractivity contribution in [3.05, 3.63) is 64.4 Å². The molecule has 0 aliphatic heterocycles. The smallest absolute Gasteiger partial charge is 0.128 e. The molecule has 0 unspecified atom stereocenters. The number of rotatable bonds is 4. The lowest BCUT2D eigenvalue weighted by Crippen LogP contribution is -2.00. The van der Waals surface area contributed by atoms with E-state index in [0.717, 1.165) is 5.56 Å². The van der Waals surface area contributed by atoms with E-state index in [2.05, 4.69) is 0 Å². The van der Waals surface area contributed by atoms with Crippen molar-refractivity contribution in [3.63, 3.8) is 0 Å². The topological polar surface area (TPSA) is 35.2 Å². The molecule has 0 bridgehead atoms. The van der Waals surface area contributed by atoms with Gasteiger partial charge in [-0.15, -0.1) is 0 Å². The second kappa shape index (κ2) is 5.85. The second-order valence-corrected chi connectivity index (χ2v) is 4.30. The Labute approximate surface area is 110 Å². The van der Waals surface area contributed by atoms with Gasteiger partial charge in [0.2, 0.25) is 0 Å². The number of hydrogen-bond donors (Lipinski definition) is 1. The van der Waals surface area contributed by atoms with Gasteiger partial charge < -0.3 is 10.5 Å². The van der Waals surface area contributed by atoms with Gasteiger partial charge in [0.15, 0.2) is 0 Å². The summed E-state index contributed by atoms with van der Waals surface area (Å²) in [6.45, 7) is 0.456. The van der Waals surface area contributed by atoms with Gasteiger partial charge in [0, 0.05) is 21.8 Å². The highest BCUT2D eigenvalue weighted by molar-refractivity contribution is 6.31. The van der Waals surface area contributed by atoms with Gasteiger partial charge in [-0.2, -0.15) is 0 Å². The molecule has 0 aromatic heterocycles. The van der Waals surface area contributed by atoms with Crippen LogP contribution in [0.15, 0.2) is 42.5 Å². The Morgan fingerprint density at radius 1 is 1.06 bits per heavy atom. The normalized spacial score (nSPS) is 10.6. The number of nitrogens with two attached hydrogens (primary N) is 1. The van der Waals surface area contributed by atoms with Crippen LogP contribution < -0.4 is 5.73 Å². The van der Waals surface area contributed by atoms with Gasteiger partial charge in [-0.05, 0) is 18.2 Å². The molecule has 0 fully saturated rings. The molecule has 94 valence electrons. The summed E-state index contributed by atoms with van der Waals surface area (Å²) in [7, 11) is 0. The summed E-state index contributed by atoms with van der Waals surface area (Å²) in [6.07, 6.45) is 0. The molecule has 0 spiro atoms. The van der Waals surface area contributed by atoms with Gasteiger partial charge in [0.1, 0.15) is 5.82 Å². The van der Waals surface area contributed by atoms with Crippen LogP contribution in [0, 0.1) is 5.82 Å². The average Bonchev–Trinajstić information content (AvgIpc) is 2.35. The first kappa shape index (κ1) is 12.9. The quantitative estimate of drug-likeness (QED) is 0.854. The highest BCUT2D eigenvalue weighted by Crippen LogP contribution is 2.23. The molecule has 0 heterocycles. The average molecular weight is 266 g/mol. The van der Waals surface area contributed by atoms with Gasteiger partial charge in [0.05, 0.1) is 13.2 Å². The third-order valence-corrected chi connectivity index (χ3v) is 2.97. The second-order valence-electron chi connectivity index (χ2n) is 3.89. The van der Waals surface area contributed by atoms with E-state index in [1.807, 2.05) is 0 Å². The molecule has 0 aliphatic carbocycles. The van der Waals surface area contributed by atoms with E-state index in [1.165, 1.54) is 6.07 Å². The van der Waals surface area contributed by atoms with Crippen molar-refractivity contribution in [2.75, 3.05) is 5.73 Å². The predicted molar refractivity (Wildman–Crippen MR) is 70.8 cm³/mol. The summed E-state index contributed by atoms with van der Waals surface area (Å²) in [5.41, 5.74) is 7.62. The molecule has 2 aromatic carbocycles. The van der Waals surface area contributed by atoms with E-state index in [0.29, 0.717) is 16.3 Å². The van der Waals surface area contributed by atoms with Crippen LogP contribution >= 0.6 is 11.6 Å². The number of anilines is 1. The number of benzene rings is 2. The summed E-state index contributed by atoms with van der Waals surface area (Å²) in [4.78, 5) is 0. The number of nitrogen functional groups attached to an aromatic ring is 1. The van der Waals surface area contributed by atoms with Crippen molar-refractivity contribution in [2.24, 2.45) is 0 Å². The molecule has 0 radical (unpaired) electrons. The van der Waals surface area contributed by atoms with E-state index < -0.39 is 0 Å². The number of hydrogen-bond acceptors (Lipinski definition) is 2. The van der Waals surface area contributed by atoms with Crippen LogP contribution in [-0.2, 0) is 18.0 Å². The maximum Gasteiger partial charge on any atom is 0.128 e. The zero-order chi connectivity index (χ0) is 13.0. The van der Waals surface area contributed by atoms with E-state index in [4.69, 9.17) is 22.1 Å². The molecule has 2 N–H and O–H groups in total. The maximum atomic E-state index is 13.3. The van der Waals surface area contributed by atoms with Crippen molar-refractivity contribution in [1.82, 2.24) is 0 Å². The minimum Gasteiger partial charge on any atom is -0.398 e. The Morgan fingerprint density at radius 3 is 2.56 bits per heavy atom. The molecular weight excluding hydrogens is 253 g/mol. The van der Waals surface area contributed by atoms with E-state index in [-0.39, 0.29) is 19.0 Å².